The summed E-state index contributed by atoms with van der Waals surface area (Å²) in [5, 5.41) is 20.5. The lowest BCUT2D eigenvalue weighted by atomic mass is 9.95. The molecule has 25 heavy (non-hydrogen) atoms. The summed E-state index contributed by atoms with van der Waals surface area (Å²) >= 11 is 5.92. The van der Waals surface area contributed by atoms with Gasteiger partial charge in [-0.2, -0.15) is 0 Å². The highest BCUT2D eigenvalue weighted by atomic mass is 35.5. The van der Waals surface area contributed by atoms with E-state index in [1.807, 2.05) is 0 Å². The van der Waals surface area contributed by atoms with Crippen molar-refractivity contribution in [3.63, 3.8) is 0 Å². The zero-order valence-corrected chi connectivity index (χ0v) is 14.0. The number of aliphatic hydroxyl groups is 2. The Kier molecular flexibility index (Phi) is 4.88. The zero-order valence-electron chi connectivity index (χ0n) is 13.2. The molecule has 6 heteroatoms. The van der Waals surface area contributed by atoms with Crippen molar-refractivity contribution < 1.29 is 19.8 Å². The van der Waals surface area contributed by atoms with Crippen LogP contribution in [0.1, 0.15) is 17.2 Å². The van der Waals surface area contributed by atoms with Gasteiger partial charge in [-0.15, -0.1) is 0 Å². The maximum atomic E-state index is 12.5. The Labute approximate surface area is 149 Å². The minimum atomic E-state index is -0.773. The molecule has 2 aromatic carbocycles. The Morgan fingerprint density at radius 2 is 1.68 bits per heavy atom. The lowest BCUT2D eigenvalue weighted by Crippen LogP contribution is -2.32. The maximum absolute atomic E-state index is 12.5. The van der Waals surface area contributed by atoms with E-state index in [1.165, 1.54) is 4.90 Å². The highest BCUT2D eigenvalue weighted by Crippen LogP contribution is 2.39. The third-order valence-corrected chi connectivity index (χ3v) is 4.37. The Morgan fingerprint density at radius 3 is 2.28 bits per heavy atom. The van der Waals surface area contributed by atoms with E-state index in [0.29, 0.717) is 16.1 Å². The Hall–Kier alpha value is -2.63. The molecule has 1 saturated heterocycles. The number of ketones is 1. The maximum Gasteiger partial charge on any atom is 0.295 e. The lowest BCUT2D eigenvalue weighted by Gasteiger charge is -2.24. The van der Waals surface area contributed by atoms with Crippen molar-refractivity contribution >= 4 is 29.1 Å². The predicted octanol–water partition coefficient (Wildman–Crippen LogP) is 2.75. The third-order valence-electron chi connectivity index (χ3n) is 4.11. The van der Waals surface area contributed by atoms with E-state index in [4.69, 9.17) is 11.6 Å². The summed E-state index contributed by atoms with van der Waals surface area (Å²) in [6, 6.07) is 14.5. The van der Waals surface area contributed by atoms with Crippen LogP contribution in [0.2, 0.25) is 5.02 Å². The molecule has 128 valence electrons. The van der Waals surface area contributed by atoms with Crippen molar-refractivity contribution in [2.24, 2.45) is 0 Å². The summed E-state index contributed by atoms with van der Waals surface area (Å²) in [4.78, 5) is 26.2. The van der Waals surface area contributed by atoms with Crippen molar-refractivity contribution in [2.45, 2.75) is 6.04 Å². The second-order valence-electron chi connectivity index (χ2n) is 5.63. The first-order valence-corrected chi connectivity index (χ1v) is 8.12. The predicted molar refractivity (Wildman–Crippen MR) is 94.0 cm³/mol. The van der Waals surface area contributed by atoms with Gasteiger partial charge in [0.1, 0.15) is 5.76 Å². The highest BCUT2D eigenvalue weighted by molar-refractivity contribution is 6.46. The van der Waals surface area contributed by atoms with E-state index in [0.717, 1.165) is 0 Å². The normalized spacial score (nSPS) is 19.4. The second kappa shape index (κ2) is 7.09. The molecule has 0 aliphatic carbocycles. The van der Waals surface area contributed by atoms with Gasteiger partial charge >= 0.3 is 0 Å². The Bertz CT molecular complexity index is 830. The number of β-amino-alcohol motifs (C(OH)–C–C–N with tert-alkyl or cyclic N) is 1. The van der Waals surface area contributed by atoms with E-state index in [2.05, 4.69) is 0 Å². The number of carbonyl (C=O) groups is 2. The number of nitrogens with zero attached hydrogens (tertiary/aromatic N) is 1. The molecule has 5 nitrogen and oxygen atoms in total. The number of aliphatic hydroxyl groups excluding tert-OH is 2. The summed E-state index contributed by atoms with van der Waals surface area (Å²) in [6.07, 6.45) is 0. The largest absolute Gasteiger partial charge is 0.507 e. The number of halogens is 1. The molecule has 2 aromatic rings. The topological polar surface area (TPSA) is 77.8 Å². The average molecular weight is 358 g/mol. The smallest absolute Gasteiger partial charge is 0.295 e. The van der Waals surface area contributed by atoms with Crippen LogP contribution in [-0.2, 0) is 9.59 Å². The van der Waals surface area contributed by atoms with Crippen molar-refractivity contribution in [2.75, 3.05) is 13.2 Å². The fraction of sp³-hybridized carbons (Fsp3) is 0.158. The monoisotopic (exact) mass is 357 g/mol. The van der Waals surface area contributed by atoms with Crippen LogP contribution in [0.5, 0.6) is 0 Å². The van der Waals surface area contributed by atoms with Gasteiger partial charge in [-0.1, -0.05) is 54.1 Å². The molecule has 0 aromatic heterocycles. The summed E-state index contributed by atoms with van der Waals surface area (Å²) in [6.45, 7) is -0.300. The Balaban J connectivity index is 2.18. The molecule has 1 heterocycles. The van der Waals surface area contributed by atoms with Crippen LogP contribution in [0, 0.1) is 0 Å². The first-order valence-electron chi connectivity index (χ1n) is 7.74. The molecule has 1 amide bonds. The van der Waals surface area contributed by atoms with E-state index < -0.39 is 17.7 Å². The summed E-state index contributed by atoms with van der Waals surface area (Å²) < 4.78 is 0. The molecular formula is C19H16ClNO4. The molecule has 1 aliphatic rings. The van der Waals surface area contributed by atoms with Crippen LogP contribution >= 0.6 is 11.6 Å². The molecule has 2 N–H and O–H groups in total. The number of hydrogen-bond donors (Lipinski definition) is 2. The number of amides is 1. The molecule has 0 radical (unpaired) electrons. The van der Waals surface area contributed by atoms with Crippen LogP contribution in [-0.4, -0.2) is 40.0 Å². The fourth-order valence-electron chi connectivity index (χ4n) is 2.96. The van der Waals surface area contributed by atoms with Gasteiger partial charge in [-0.05, 0) is 17.7 Å². The SMILES string of the molecule is O=C1C(=O)N(CCO)[C@@H](c2ccc(Cl)cc2)C1=C(O)c1ccccc1. The van der Waals surface area contributed by atoms with Gasteiger partial charge in [0.05, 0.1) is 18.2 Å². The number of likely N-dealkylation sites (tertiary alicyclic amines) is 1. The van der Waals surface area contributed by atoms with Gasteiger partial charge < -0.3 is 15.1 Å². The van der Waals surface area contributed by atoms with Gasteiger partial charge in [-0.25, -0.2) is 0 Å². The van der Waals surface area contributed by atoms with Crippen molar-refractivity contribution in [1.82, 2.24) is 4.90 Å². The van der Waals surface area contributed by atoms with Gasteiger partial charge in [0.25, 0.3) is 11.7 Å². The lowest BCUT2D eigenvalue weighted by molar-refractivity contribution is -0.140. The molecule has 1 aliphatic heterocycles. The molecule has 0 saturated carbocycles. The summed E-state index contributed by atoms with van der Waals surface area (Å²) in [5.41, 5.74) is 1.09. The average Bonchev–Trinajstić information content (AvgIpc) is 2.88. The van der Waals surface area contributed by atoms with E-state index in [9.17, 15) is 19.8 Å². The molecule has 1 atom stereocenters. The van der Waals surface area contributed by atoms with Crippen LogP contribution in [0.25, 0.3) is 5.76 Å². The minimum Gasteiger partial charge on any atom is -0.507 e. The molecule has 3 rings (SSSR count). The van der Waals surface area contributed by atoms with Gasteiger partial charge in [0, 0.05) is 17.1 Å². The quantitative estimate of drug-likeness (QED) is 0.501. The van der Waals surface area contributed by atoms with Crippen LogP contribution in [0.4, 0.5) is 0 Å². The van der Waals surface area contributed by atoms with Gasteiger partial charge in [0.15, 0.2) is 0 Å². The molecule has 0 unspecified atom stereocenters. The summed E-state index contributed by atoms with van der Waals surface area (Å²) in [7, 11) is 0. The number of Topliss-reactive ketones (excluding diaryl/α,β-unsaturated/α-hetero) is 1. The van der Waals surface area contributed by atoms with Crippen LogP contribution < -0.4 is 0 Å². The third kappa shape index (κ3) is 3.16. The van der Waals surface area contributed by atoms with E-state index >= 15 is 0 Å². The fourth-order valence-corrected chi connectivity index (χ4v) is 3.09. The summed E-state index contributed by atoms with van der Waals surface area (Å²) in [5.74, 6) is -1.75. The standard InChI is InChI=1S/C19H16ClNO4/c20-14-8-6-12(7-9-14)16-15(17(23)13-4-2-1-3-5-13)18(24)19(25)21(16)10-11-22/h1-9,16,22-23H,10-11H2/t16-/m0/s1. The highest BCUT2D eigenvalue weighted by Gasteiger charge is 2.45. The zero-order chi connectivity index (χ0) is 18.0. The van der Waals surface area contributed by atoms with E-state index in [-0.39, 0.29) is 24.5 Å². The molecule has 1 fully saturated rings. The van der Waals surface area contributed by atoms with Crippen molar-refractivity contribution in [1.29, 1.82) is 0 Å². The number of benzene rings is 2. The molecule has 0 spiro atoms. The van der Waals surface area contributed by atoms with Gasteiger partial charge in [0.2, 0.25) is 0 Å². The van der Waals surface area contributed by atoms with Crippen molar-refractivity contribution in [3.05, 3.63) is 76.3 Å². The minimum absolute atomic E-state index is 0.00646. The van der Waals surface area contributed by atoms with Crippen LogP contribution in [0.3, 0.4) is 0 Å². The molecule has 0 bridgehead atoms. The van der Waals surface area contributed by atoms with E-state index in [1.54, 1.807) is 54.6 Å². The first-order chi connectivity index (χ1) is 12.0. The van der Waals surface area contributed by atoms with Crippen LogP contribution in [0.15, 0.2) is 60.2 Å². The molecular weight excluding hydrogens is 342 g/mol. The van der Waals surface area contributed by atoms with Gasteiger partial charge in [-0.3, -0.25) is 9.59 Å². The number of rotatable bonds is 4. The number of carbonyl (C=O) groups excluding carboxylic acids is 2. The first kappa shape index (κ1) is 17.2. The number of hydrogen-bond acceptors (Lipinski definition) is 4. The second-order valence-corrected chi connectivity index (χ2v) is 6.07. The Morgan fingerprint density at radius 1 is 1.04 bits per heavy atom. The van der Waals surface area contributed by atoms with Crippen molar-refractivity contribution in [3.8, 4) is 0 Å².